The summed E-state index contributed by atoms with van der Waals surface area (Å²) in [5, 5.41) is 14.5. The van der Waals surface area contributed by atoms with Crippen molar-refractivity contribution in [3.05, 3.63) is 40.8 Å². The van der Waals surface area contributed by atoms with Crippen molar-refractivity contribution in [3.63, 3.8) is 0 Å². The molecule has 0 spiro atoms. The highest BCUT2D eigenvalue weighted by Gasteiger charge is 2.26. The topological polar surface area (TPSA) is 54.3 Å². The SMILES string of the molecule is CCC(CC)(CO)CNC(=O)c1sccc1-n1cccc1. The molecule has 0 fully saturated rings. The number of thiophene rings is 1. The molecular weight excluding hydrogens is 284 g/mol. The van der Waals surface area contributed by atoms with E-state index in [4.69, 9.17) is 0 Å². The van der Waals surface area contributed by atoms with Gasteiger partial charge in [-0.25, -0.2) is 0 Å². The minimum Gasteiger partial charge on any atom is -0.396 e. The lowest BCUT2D eigenvalue weighted by molar-refractivity contribution is 0.0854. The van der Waals surface area contributed by atoms with Crippen molar-refractivity contribution in [1.82, 2.24) is 9.88 Å². The van der Waals surface area contributed by atoms with E-state index >= 15 is 0 Å². The van der Waals surface area contributed by atoms with E-state index in [9.17, 15) is 9.90 Å². The molecule has 5 heteroatoms. The van der Waals surface area contributed by atoms with Gasteiger partial charge >= 0.3 is 0 Å². The first-order chi connectivity index (χ1) is 10.2. The third kappa shape index (κ3) is 3.36. The molecule has 114 valence electrons. The number of nitrogens with zero attached hydrogens (tertiary/aromatic N) is 1. The first kappa shape index (κ1) is 15.8. The second kappa shape index (κ2) is 6.91. The Kier molecular flexibility index (Phi) is 5.20. The van der Waals surface area contributed by atoms with Crippen LogP contribution in [-0.4, -0.2) is 28.7 Å². The van der Waals surface area contributed by atoms with Crippen LogP contribution in [0.5, 0.6) is 0 Å². The second-order valence-corrected chi connectivity index (χ2v) is 6.19. The summed E-state index contributed by atoms with van der Waals surface area (Å²) in [5.74, 6) is -0.0755. The highest BCUT2D eigenvalue weighted by atomic mass is 32.1. The van der Waals surface area contributed by atoms with Crippen LogP contribution in [0, 0.1) is 5.41 Å². The van der Waals surface area contributed by atoms with Crippen molar-refractivity contribution in [1.29, 1.82) is 0 Å². The van der Waals surface area contributed by atoms with Gasteiger partial charge in [-0.3, -0.25) is 4.79 Å². The summed E-state index contributed by atoms with van der Waals surface area (Å²) >= 11 is 1.43. The normalized spacial score (nSPS) is 11.6. The van der Waals surface area contributed by atoms with Gasteiger partial charge in [0.2, 0.25) is 0 Å². The zero-order valence-corrected chi connectivity index (χ0v) is 13.3. The predicted molar refractivity (Wildman–Crippen MR) is 86.1 cm³/mol. The van der Waals surface area contributed by atoms with Crippen molar-refractivity contribution in [2.24, 2.45) is 5.41 Å². The molecule has 0 aliphatic carbocycles. The zero-order chi connectivity index (χ0) is 15.3. The first-order valence-corrected chi connectivity index (χ1v) is 8.13. The number of hydrogen-bond acceptors (Lipinski definition) is 3. The molecule has 0 aliphatic heterocycles. The molecule has 2 rings (SSSR count). The van der Waals surface area contributed by atoms with Crippen LogP contribution in [0.3, 0.4) is 0 Å². The van der Waals surface area contributed by atoms with E-state index in [-0.39, 0.29) is 17.9 Å². The Morgan fingerprint density at radius 3 is 2.57 bits per heavy atom. The number of nitrogens with one attached hydrogen (secondary N) is 1. The summed E-state index contributed by atoms with van der Waals surface area (Å²) in [7, 11) is 0. The van der Waals surface area contributed by atoms with E-state index in [0.717, 1.165) is 18.5 Å². The van der Waals surface area contributed by atoms with E-state index < -0.39 is 0 Å². The average Bonchev–Trinajstić information content (AvgIpc) is 3.19. The molecule has 0 atom stereocenters. The van der Waals surface area contributed by atoms with Crippen LogP contribution in [0.15, 0.2) is 36.0 Å². The van der Waals surface area contributed by atoms with Crippen LogP contribution in [0.25, 0.3) is 5.69 Å². The van der Waals surface area contributed by atoms with Crippen LogP contribution in [0.4, 0.5) is 0 Å². The zero-order valence-electron chi connectivity index (χ0n) is 12.5. The molecular formula is C16H22N2O2S. The maximum absolute atomic E-state index is 12.4. The van der Waals surface area contributed by atoms with Crippen LogP contribution in [-0.2, 0) is 0 Å². The molecule has 2 heterocycles. The van der Waals surface area contributed by atoms with Crippen molar-refractivity contribution in [2.75, 3.05) is 13.2 Å². The molecule has 21 heavy (non-hydrogen) atoms. The van der Waals surface area contributed by atoms with Crippen LogP contribution in [0.2, 0.25) is 0 Å². The van der Waals surface area contributed by atoms with E-state index in [1.807, 2.05) is 54.4 Å². The summed E-state index contributed by atoms with van der Waals surface area (Å²) in [6, 6.07) is 5.81. The fourth-order valence-electron chi connectivity index (χ4n) is 2.30. The van der Waals surface area contributed by atoms with Crippen LogP contribution < -0.4 is 5.32 Å². The van der Waals surface area contributed by atoms with Gasteiger partial charge in [0.1, 0.15) is 4.88 Å². The Morgan fingerprint density at radius 2 is 2.00 bits per heavy atom. The maximum atomic E-state index is 12.4. The number of hydrogen-bond donors (Lipinski definition) is 2. The fourth-order valence-corrected chi connectivity index (χ4v) is 3.10. The highest BCUT2D eigenvalue weighted by Crippen LogP contribution is 2.26. The van der Waals surface area contributed by atoms with E-state index in [1.165, 1.54) is 11.3 Å². The Balaban J connectivity index is 2.10. The lowest BCUT2D eigenvalue weighted by Gasteiger charge is -2.29. The fraction of sp³-hybridized carbons (Fsp3) is 0.438. The van der Waals surface area contributed by atoms with Gasteiger partial charge in [-0.2, -0.15) is 0 Å². The molecule has 2 aromatic heterocycles. The number of carbonyl (C=O) groups is 1. The first-order valence-electron chi connectivity index (χ1n) is 7.25. The van der Waals surface area contributed by atoms with Gasteiger partial charge in [0, 0.05) is 24.4 Å². The van der Waals surface area contributed by atoms with Gasteiger partial charge in [0.15, 0.2) is 0 Å². The number of aliphatic hydroxyl groups excluding tert-OH is 1. The Hall–Kier alpha value is -1.59. The summed E-state index contributed by atoms with van der Waals surface area (Å²) < 4.78 is 1.93. The quantitative estimate of drug-likeness (QED) is 0.826. The molecule has 0 saturated heterocycles. The lowest BCUT2D eigenvalue weighted by Crippen LogP contribution is -2.39. The predicted octanol–water partition coefficient (Wildman–Crippen LogP) is 3.07. The standard InChI is InChI=1S/C16H22N2O2S/c1-3-16(4-2,12-19)11-17-15(20)14-13(7-10-21-14)18-8-5-6-9-18/h5-10,19H,3-4,11-12H2,1-2H3,(H,17,20). The van der Waals surface area contributed by atoms with Crippen molar-refractivity contribution >= 4 is 17.2 Å². The van der Waals surface area contributed by atoms with Crippen molar-refractivity contribution in [2.45, 2.75) is 26.7 Å². The van der Waals surface area contributed by atoms with E-state index in [1.54, 1.807) is 0 Å². The molecule has 0 saturated carbocycles. The minimum absolute atomic E-state index is 0.0755. The Bertz CT molecular complexity index is 563. The monoisotopic (exact) mass is 306 g/mol. The van der Waals surface area contributed by atoms with Gasteiger partial charge < -0.3 is 15.0 Å². The average molecular weight is 306 g/mol. The smallest absolute Gasteiger partial charge is 0.263 e. The summed E-state index contributed by atoms with van der Waals surface area (Å²) in [6.07, 6.45) is 5.54. The molecule has 2 N–H and O–H groups in total. The molecule has 0 unspecified atom stereocenters. The molecule has 0 radical (unpaired) electrons. The number of carbonyl (C=O) groups excluding carboxylic acids is 1. The number of amides is 1. The van der Waals surface area contributed by atoms with Gasteiger partial charge in [-0.1, -0.05) is 13.8 Å². The van der Waals surface area contributed by atoms with Gasteiger partial charge in [-0.05, 0) is 36.4 Å². The summed E-state index contributed by atoms with van der Waals surface area (Å²) in [6.45, 7) is 4.68. The largest absolute Gasteiger partial charge is 0.396 e. The number of aliphatic hydroxyl groups is 1. The maximum Gasteiger partial charge on any atom is 0.263 e. The Labute approximate surface area is 129 Å². The van der Waals surface area contributed by atoms with E-state index in [2.05, 4.69) is 5.32 Å². The molecule has 0 aliphatic rings. The lowest BCUT2D eigenvalue weighted by atomic mass is 9.83. The highest BCUT2D eigenvalue weighted by molar-refractivity contribution is 7.12. The van der Waals surface area contributed by atoms with Crippen LogP contribution in [0.1, 0.15) is 36.4 Å². The number of aromatic nitrogens is 1. The van der Waals surface area contributed by atoms with E-state index in [0.29, 0.717) is 11.4 Å². The van der Waals surface area contributed by atoms with Crippen molar-refractivity contribution < 1.29 is 9.90 Å². The van der Waals surface area contributed by atoms with Gasteiger partial charge in [-0.15, -0.1) is 11.3 Å². The summed E-state index contributed by atoms with van der Waals surface area (Å²) in [4.78, 5) is 13.1. The molecule has 1 amide bonds. The third-order valence-electron chi connectivity index (χ3n) is 4.19. The minimum atomic E-state index is -0.222. The molecule has 0 aromatic carbocycles. The van der Waals surface area contributed by atoms with Crippen molar-refractivity contribution in [3.8, 4) is 5.69 Å². The van der Waals surface area contributed by atoms with Crippen LogP contribution >= 0.6 is 11.3 Å². The molecule has 2 aromatic rings. The Morgan fingerprint density at radius 1 is 1.33 bits per heavy atom. The number of rotatable bonds is 7. The third-order valence-corrected chi connectivity index (χ3v) is 5.10. The second-order valence-electron chi connectivity index (χ2n) is 5.27. The van der Waals surface area contributed by atoms with Gasteiger partial charge in [0.25, 0.3) is 5.91 Å². The summed E-state index contributed by atoms with van der Waals surface area (Å²) in [5.41, 5.74) is 0.672. The molecule has 0 bridgehead atoms. The van der Waals surface area contributed by atoms with Gasteiger partial charge in [0.05, 0.1) is 12.3 Å². The molecule has 4 nitrogen and oxygen atoms in total.